The van der Waals surface area contributed by atoms with Crippen molar-refractivity contribution in [3.8, 4) is 22.3 Å². The third-order valence-electron chi connectivity index (χ3n) is 11.6. The van der Waals surface area contributed by atoms with E-state index in [0.717, 1.165) is 33.8 Å². The number of nitriles is 1. The van der Waals surface area contributed by atoms with Crippen LogP contribution < -0.4 is 25.2 Å². The van der Waals surface area contributed by atoms with Crippen LogP contribution in [-0.2, 0) is 46.1 Å². The Hall–Kier alpha value is -6.44. The van der Waals surface area contributed by atoms with E-state index < -0.39 is 76.1 Å². The Labute approximate surface area is 407 Å². The summed E-state index contributed by atoms with van der Waals surface area (Å²) in [6.07, 6.45) is -5.72. The first-order chi connectivity index (χ1) is 33.1. The van der Waals surface area contributed by atoms with E-state index in [0.29, 0.717) is 22.4 Å². The molecule has 6 rings (SSSR count). The number of urea groups is 1. The number of carbonyl (C=O) groups excluding carboxylic acids is 5. The van der Waals surface area contributed by atoms with Crippen molar-refractivity contribution < 1.29 is 61.2 Å². The van der Waals surface area contributed by atoms with Gasteiger partial charge in [-0.05, 0) is 79.8 Å². The van der Waals surface area contributed by atoms with E-state index in [1.807, 2.05) is 31.2 Å². The van der Waals surface area contributed by atoms with E-state index >= 15 is 0 Å². The lowest BCUT2D eigenvalue weighted by atomic mass is 9.85. The Balaban J connectivity index is 0.867. The molecule has 6 amide bonds. The fourth-order valence-electron chi connectivity index (χ4n) is 7.96. The van der Waals surface area contributed by atoms with Gasteiger partial charge in [0.15, 0.2) is 0 Å². The molecule has 70 heavy (non-hydrogen) atoms. The summed E-state index contributed by atoms with van der Waals surface area (Å²) in [6.45, 7) is 11.1. The van der Waals surface area contributed by atoms with Crippen molar-refractivity contribution in [2.45, 2.75) is 84.4 Å². The van der Waals surface area contributed by atoms with Gasteiger partial charge >= 0.3 is 12.2 Å². The lowest BCUT2D eigenvalue weighted by molar-refractivity contribution is -0.144. The first-order valence-electron chi connectivity index (χ1n) is 22.4. The van der Waals surface area contributed by atoms with Gasteiger partial charge in [0.1, 0.15) is 36.6 Å². The molecule has 3 aromatic carbocycles. The number of nitrogens with one attached hydrogen (secondary N) is 2. The number of likely N-dealkylation sites (tertiary alicyclic amines) is 1. The van der Waals surface area contributed by atoms with E-state index in [2.05, 4.69) is 15.6 Å². The number of anilines is 2. The molecule has 3 atom stereocenters. The second-order valence-corrected chi connectivity index (χ2v) is 19.1. The number of benzene rings is 3. The Morgan fingerprint density at radius 3 is 2.16 bits per heavy atom. The summed E-state index contributed by atoms with van der Waals surface area (Å²) < 4.78 is 63.2. The minimum absolute atomic E-state index is 0.0534. The molecular formula is C49H56F3N7O10S. The summed E-state index contributed by atoms with van der Waals surface area (Å²) in [5, 5.41) is 25.3. The zero-order chi connectivity index (χ0) is 51.0. The molecule has 0 saturated carbocycles. The highest BCUT2D eigenvalue weighted by atomic mass is 32.1. The molecule has 3 heterocycles. The summed E-state index contributed by atoms with van der Waals surface area (Å²) >= 11 is 1.55. The quantitative estimate of drug-likeness (QED) is 0.0688. The zero-order valence-electron chi connectivity index (χ0n) is 39.6. The number of amides is 6. The van der Waals surface area contributed by atoms with E-state index in [9.17, 15) is 42.3 Å². The van der Waals surface area contributed by atoms with Crippen molar-refractivity contribution in [1.82, 2.24) is 20.5 Å². The number of aromatic nitrogens is 1. The molecule has 17 nitrogen and oxygen atoms in total. The highest BCUT2D eigenvalue weighted by Gasteiger charge is 2.53. The van der Waals surface area contributed by atoms with Crippen LogP contribution in [0.4, 0.5) is 29.3 Å². The van der Waals surface area contributed by atoms with E-state index in [1.165, 1.54) is 29.7 Å². The van der Waals surface area contributed by atoms with Gasteiger partial charge < -0.3 is 39.6 Å². The maximum atomic E-state index is 13.9. The van der Waals surface area contributed by atoms with Gasteiger partial charge in [-0.3, -0.25) is 24.1 Å². The molecule has 0 aliphatic carbocycles. The summed E-state index contributed by atoms with van der Waals surface area (Å²) in [5.41, 5.74) is 0.534. The number of rotatable bonds is 20. The van der Waals surface area contributed by atoms with Gasteiger partial charge in [-0.25, -0.2) is 14.7 Å². The Morgan fingerprint density at radius 2 is 1.56 bits per heavy atom. The molecule has 374 valence electrons. The second-order valence-electron chi connectivity index (χ2n) is 18.2. The number of β-amino-alcohol motifs (C(OH)–C–C–N with tert-alkyl or cyclic N) is 1. The van der Waals surface area contributed by atoms with Crippen molar-refractivity contribution in [3.63, 3.8) is 0 Å². The van der Waals surface area contributed by atoms with E-state index in [4.69, 9.17) is 24.2 Å². The van der Waals surface area contributed by atoms with Crippen molar-refractivity contribution in [1.29, 1.82) is 5.26 Å². The average Bonchev–Trinajstić information content (AvgIpc) is 3.98. The lowest BCUT2D eigenvalue weighted by Gasteiger charge is -2.35. The number of halogens is 3. The molecule has 2 fully saturated rings. The van der Waals surface area contributed by atoms with Crippen LogP contribution >= 0.6 is 11.3 Å². The average molecular weight is 992 g/mol. The molecule has 0 spiro atoms. The number of hydrogen-bond donors (Lipinski definition) is 3. The largest absolute Gasteiger partial charge is 0.491 e. The Kier molecular flexibility index (Phi) is 17.0. The van der Waals surface area contributed by atoms with Crippen LogP contribution in [0.3, 0.4) is 0 Å². The molecule has 3 N–H and O–H groups in total. The van der Waals surface area contributed by atoms with Crippen LogP contribution in [0.15, 0.2) is 72.2 Å². The van der Waals surface area contributed by atoms with Gasteiger partial charge in [0.25, 0.3) is 5.91 Å². The number of thiazole rings is 1. The normalized spacial score (nSPS) is 17.4. The third kappa shape index (κ3) is 12.7. The topological polar surface area (TPSA) is 213 Å². The summed E-state index contributed by atoms with van der Waals surface area (Å²) in [6, 6.07) is 15.4. The van der Waals surface area contributed by atoms with Crippen LogP contribution in [0.25, 0.3) is 10.4 Å². The SMILES string of the molecule is Cc1ncsc1-c1ccc(CNC(=O)[C@@H]2C[C@@H](O)CN2C(=O)[C@@H](NC(=O)COCCOCCOCCOc2ccc(N3C(=O)N(c4ccc(C#N)c(C(F)(F)F)c4)C(=O)C3(C)C)cc2)C(C)(C)C)cc1. The van der Waals surface area contributed by atoms with Gasteiger partial charge in [-0.15, -0.1) is 11.3 Å². The molecule has 2 aliphatic heterocycles. The number of imide groups is 1. The molecular weight excluding hydrogens is 936 g/mol. The highest BCUT2D eigenvalue weighted by molar-refractivity contribution is 7.13. The summed E-state index contributed by atoms with van der Waals surface area (Å²) in [4.78, 5) is 75.7. The van der Waals surface area contributed by atoms with Gasteiger partial charge in [0.2, 0.25) is 17.7 Å². The molecule has 2 saturated heterocycles. The van der Waals surface area contributed by atoms with Gasteiger partial charge in [-0.2, -0.15) is 18.4 Å². The standard InChI is InChI=1S/C49H56F3N7O10S/c1-30-41(70-29-55-30)32-9-7-31(8-10-32)26-54-43(62)39-24-36(60)27-57(39)44(63)42(47(2,3)4)56-40(61)28-68-20-19-66-17-18-67-21-22-69-37-15-13-34(14-16-37)59-46(65)58(45(64)48(59,5)6)35-12-11-33(25-53)38(23-35)49(50,51)52/h7-16,23,29,36,39,42,60H,17-22,24,26-28H2,1-6H3,(H,54,62)(H,56,61)/t36-,39+,42-/m1/s1. The fourth-order valence-corrected chi connectivity index (χ4v) is 8.77. The van der Waals surface area contributed by atoms with Crippen LogP contribution in [0.2, 0.25) is 0 Å². The monoisotopic (exact) mass is 991 g/mol. The first-order valence-corrected chi connectivity index (χ1v) is 23.3. The van der Waals surface area contributed by atoms with Gasteiger partial charge in [-0.1, -0.05) is 45.0 Å². The first kappa shape index (κ1) is 52.9. The molecule has 21 heteroatoms. The van der Waals surface area contributed by atoms with E-state index in [-0.39, 0.29) is 71.4 Å². The maximum absolute atomic E-state index is 13.9. The number of alkyl halides is 3. The van der Waals surface area contributed by atoms with Gasteiger partial charge in [0.05, 0.1) is 78.1 Å². The minimum atomic E-state index is -4.88. The fraction of sp³-hybridized carbons (Fsp3) is 0.449. The van der Waals surface area contributed by atoms with E-state index in [1.54, 1.807) is 61.9 Å². The predicted octanol–water partition coefficient (Wildman–Crippen LogP) is 6.00. The third-order valence-corrected chi connectivity index (χ3v) is 12.6. The molecule has 0 bridgehead atoms. The number of aliphatic hydroxyl groups excluding tert-OH is 1. The zero-order valence-corrected chi connectivity index (χ0v) is 40.4. The Bertz CT molecular complexity index is 2560. The van der Waals surface area contributed by atoms with Crippen molar-refractivity contribution in [2.75, 3.05) is 62.6 Å². The summed E-state index contributed by atoms with van der Waals surface area (Å²) in [7, 11) is 0. The smallest absolute Gasteiger partial charge is 0.417 e. The highest BCUT2D eigenvalue weighted by Crippen LogP contribution is 2.40. The molecule has 0 radical (unpaired) electrons. The lowest BCUT2D eigenvalue weighted by Crippen LogP contribution is -2.58. The van der Waals surface area contributed by atoms with Crippen molar-refractivity contribution in [3.05, 3.63) is 94.6 Å². The van der Waals surface area contributed by atoms with Crippen LogP contribution in [0, 0.1) is 23.7 Å². The van der Waals surface area contributed by atoms with Crippen LogP contribution in [0.5, 0.6) is 5.75 Å². The molecule has 1 aromatic heterocycles. The van der Waals surface area contributed by atoms with Gasteiger partial charge in [0, 0.05) is 25.2 Å². The number of hydrogen-bond acceptors (Lipinski definition) is 13. The summed E-state index contributed by atoms with van der Waals surface area (Å²) in [5.74, 6) is -1.75. The number of carbonyl (C=O) groups is 5. The maximum Gasteiger partial charge on any atom is 0.417 e. The number of aryl methyl sites for hydroxylation is 1. The molecule has 4 aromatic rings. The minimum Gasteiger partial charge on any atom is -0.491 e. The molecule has 2 aliphatic rings. The van der Waals surface area contributed by atoms with Crippen LogP contribution in [0.1, 0.15) is 63.4 Å². The Morgan fingerprint density at radius 1 is 0.929 bits per heavy atom. The predicted molar refractivity (Wildman–Crippen MR) is 252 cm³/mol. The van der Waals surface area contributed by atoms with Crippen LogP contribution in [-0.4, -0.2) is 121 Å². The van der Waals surface area contributed by atoms with Crippen molar-refractivity contribution >= 4 is 52.4 Å². The number of ether oxygens (including phenoxy) is 4. The number of nitrogens with zero attached hydrogens (tertiary/aromatic N) is 5. The number of aliphatic hydroxyl groups is 1. The van der Waals surface area contributed by atoms with Crippen molar-refractivity contribution in [2.24, 2.45) is 5.41 Å². The second kappa shape index (κ2) is 22.5. The molecule has 0 unspecified atom stereocenters.